The monoisotopic (exact) mass is 196 g/mol. The van der Waals surface area contributed by atoms with Gasteiger partial charge < -0.3 is 9.47 Å². The van der Waals surface area contributed by atoms with E-state index in [2.05, 4.69) is 6.26 Å². The van der Waals surface area contributed by atoms with E-state index in [9.17, 15) is 0 Å². The average Bonchev–Trinajstić information content (AvgIpc) is 2.18. The lowest BCUT2D eigenvalue weighted by Crippen LogP contribution is -2.31. The molecule has 1 aliphatic rings. The lowest BCUT2D eigenvalue weighted by atomic mass is 10.3. The molecule has 0 saturated heterocycles. The third-order valence-corrected chi connectivity index (χ3v) is 2.63. The highest BCUT2D eigenvalue weighted by molar-refractivity contribution is 7.98. The lowest BCUT2D eigenvalue weighted by molar-refractivity contribution is 0.107. The second kappa shape index (κ2) is 3.92. The maximum absolute atomic E-state index is 5.73. The zero-order valence-corrected chi connectivity index (χ0v) is 8.34. The van der Waals surface area contributed by atoms with Gasteiger partial charge in [-0.2, -0.15) is 11.8 Å². The molecule has 0 amide bonds. The van der Waals surface area contributed by atoms with Crippen LogP contribution in [0, 0.1) is 0 Å². The maximum Gasteiger partial charge on any atom is 0.161 e. The van der Waals surface area contributed by atoms with Crippen LogP contribution in [0.2, 0.25) is 0 Å². The molecular formula is C10H12O2S. The Balaban J connectivity index is 2.11. The molecule has 2 nitrogen and oxygen atoms in total. The van der Waals surface area contributed by atoms with Crippen LogP contribution in [0.3, 0.4) is 0 Å². The second-order valence-corrected chi connectivity index (χ2v) is 3.86. The van der Waals surface area contributed by atoms with E-state index < -0.39 is 0 Å². The van der Waals surface area contributed by atoms with Crippen LogP contribution >= 0.6 is 11.8 Å². The van der Waals surface area contributed by atoms with Gasteiger partial charge in [0.05, 0.1) is 0 Å². The number of ether oxygens (including phenoxy) is 2. The van der Waals surface area contributed by atoms with Crippen molar-refractivity contribution in [2.75, 3.05) is 18.6 Å². The van der Waals surface area contributed by atoms with Crippen molar-refractivity contribution in [2.45, 2.75) is 6.10 Å². The van der Waals surface area contributed by atoms with E-state index in [-0.39, 0.29) is 6.10 Å². The van der Waals surface area contributed by atoms with Crippen molar-refractivity contribution in [1.82, 2.24) is 0 Å². The van der Waals surface area contributed by atoms with Gasteiger partial charge in [0, 0.05) is 5.75 Å². The fourth-order valence-electron chi connectivity index (χ4n) is 1.33. The van der Waals surface area contributed by atoms with Crippen molar-refractivity contribution in [1.29, 1.82) is 0 Å². The summed E-state index contributed by atoms with van der Waals surface area (Å²) in [7, 11) is 0. The number of benzene rings is 1. The average molecular weight is 196 g/mol. The van der Waals surface area contributed by atoms with E-state index in [0.29, 0.717) is 6.61 Å². The first-order valence-electron chi connectivity index (χ1n) is 4.27. The first-order chi connectivity index (χ1) is 6.40. The van der Waals surface area contributed by atoms with Crippen molar-refractivity contribution < 1.29 is 9.47 Å². The highest BCUT2D eigenvalue weighted by Crippen LogP contribution is 2.31. The van der Waals surface area contributed by atoms with Gasteiger partial charge in [-0.1, -0.05) is 12.1 Å². The standard InChI is InChI=1S/C10H12O2S/c1-13-7-8-6-11-9-4-2-3-5-10(9)12-8/h2-5,8H,6-7H2,1H3. The molecule has 1 aromatic carbocycles. The van der Waals surface area contributed by atoms with E-state index in [1.54, 1.807) is 11.8 Å². The van der Waals surface area contributed by atoms with E-state index >= 15 is 0 Å². The third kappa shape index (κ3) is 1.91. The molecule has 0 saturated carbocycles. The smallest absolute Gasteiger partial charge is 0.161 e. The van der Waals surface area contributed by atoms with Crippen molar-refractivity contribution in [3.63, 3.8) is 0 Å². The Morgan fingerprint density at radius 2 is 2.15 bits per heavy atom. The fraction of sp³-hybridized carbons (Fsp3) is 0.400. The van der Waals surface area contributed by atoms with Crippen LogP contribution in [-0.2, 0) is 0 Å². The Hall–Kier alpha value is -0.830. The van der Waals surface area contributed by atoms with Crippen LogP contribution in [-0.4, -0.2) is 24.7 Å². The summed E-state index contributed by atoms with van der Waals surface area (Å²) in [6, 6.07) is 7.80. The summed E-state index contributed by atoms with van der Waals surface area (Å²) in [5.74, 6) is 2.71. The molecule has 0 aromatic heterocycles. The summed E-state index contributed by atoms with van der Waals surface area (Å²) in [6.07, 6.45) is 2.27. The summed E-state index contributed by atoms with van der Waals surface area (Å²) in [4.78, 5) is 0. The van der Waals surface area contributed by atoms with Gasteiger partial charge in [0.1, 0.15) is 12.7 Å². The van der Waals surface area contributed by atoms with E-state index in [1.165, 1.54) is 0 Å². The van der Waals surface area contributed by atoms with Gasteiger partial charge in [0.2, 0.25) is 0 Å². The van der Waals surface area contributed by atoms with E-state index in [0.717, 1.165) is 17.3 Å². The normalized spacial score (nSPS) is 19.9. The van der Waals surface area contributed by atoms with Gasteiger partial charge in [-0.05, 0) is 18.4 Å². The molecule has 1 heterocycles. The van der Waals surface area contributed by atoms with Gasteiger partial charge in [-0.25, -0.2) is 0 Å². The van der Waals surface area contributed by atoms with E-state index in [4.69, 9.17) is 9.47 Å². The molecule has 1 aromatic rings. The van der Waals surface area contributed by atoms with Crippen molar-refractivity contribution in [3.05, 3.63) is 24.3 Å². The van der Waals surface area contributed by atoms with Gasteiger partial charge in [-0.15, -0.1) is 0 Å². The summed E-state index contributed by atoms with van der Waals surface area (Å²) >= 11 is 1.78. The van der Waals surface area contributed by atoms with Crippen LogP contribution in [0.5, 0.6) is 11.5 Å². The van der Waals surface area contributed by atoms with Gasteiger partial charge in [-0.3, -0.25) is 0 Å². The first-order valence-corrected chi connectivity index (χ1v) is 5.67. The minimum absolute atomic E-state index is 0.199. The molecule has 13 heavy (non-hydrogen) atoms. The predicted molar refractivity (Wildman–Crippen MR) is 54.7 cm³/mol. The van der Waals surface area contributed by atoms with Crippen LogP contribution < -0.4 is 9.47 Å². The summed E-state index contributed by atoms with van der Waals surface area (Å²) in [6.45, 7) is 0.665. The SMILES string of the molecule is CSCC1COc2ccccc2O1. The topological polar surface area (TPSA) is 18.5 Å². The number of fused-ring (bicyclic) bond motifs is 1. The number of para-hydroxylation sites is 2. The zero-order valence-electron chi connectivity index (χ0n) is 7.53. The molecule has 2 rings (SSSR count). The molecule has 0 aliphatic carbocycles. The molecule has 3 heteroatoms. The van der Waals surface area contributed by atoms with Crippen LogP contribution in [0.15, 0.2) is 24.3 Å². The summed E-state index contributed by atoms with van der Waals surface area (Å²) < 4.78 is 11.3. The minimum atomic E-state index is 0.199. The maximum atomic E-state index is 5.73. The Morgan fingerprint density at radius 1 is 1.38 bits per heavy atom. The van der Waals surface area contributed by atoms with E-state index in [1.807, 2.05) is 24.3 Å². The Kier molecular flexibility index (Phi) is 2.64. The lowest BCUT2D eigenvalue weighted by Gasteiger charge is -2.25. The highest BCUT2D eigenvalue weighted by atomic mass is 32.2. The molecule has 0 N–H and O–H groups in total. The third-order valence-electron chi connectivity index (χ3n) is 1.92. The second-order valence-electron chi connectivity index (χ2n) is 2.95. The molecule has 1 aliphatic heterocycles. The highest BCUT2D eigenvalue weighted by Gasteiger charge is 2.19. The summed E-state index contributed by atoms with van der Waals surface area (Å²) in [5.41, 5.74) is 0. The molecule has 0 radical (unpaired) electrons. The molecular weight excluding hydrogens is 184 g/mol. The van der Waals surface area contributed by atoms with Gasteiger partial charge in [0.15, 0.2) is 11.5 Å². The van der Waals surface area contributed by atoms with Gasteiger partial charge in [0.25, 0.3) is 0 Å². The molecule has 1 atom stereocenters. The first kappa shape index (κ1) is 8.75. The number of hydrogen-bond acceptors (Lipinski definition) is 3. The minimum Gasteiger partial charge on any atom is -0.486 e. The van der Waals surface area contributed by atoms with Crippen molar-refractivity contribution in [2.24, 2.45) is 0 Å². The van der Waals surface area contributed by atoms with Crippen LogP contribution in [0.25, 0.3) is 0 Å². The molecule has 70 valence electrons. The Bertz CT molecular complexity index is 288. The largest absolute Gasteiger partial charge is 0.486 e. The van der Waals surface area contributed by atoms with Crippen molar-refractivity contribution >= 4 is 11.8 Å². The van der Waals surface area contributed by atoms with Crippen molar-refractivity contribution in [3.8, 4) is 11.5 Å². The molecule has 0 fully saturated rings. The molecule has 1 unspecified atom stereocenters. The van der Waals surface area contributed by atoms with Gasteiger partial charge >= 0.3 is 0 Å². The van der Waals surface area contributed by atoms with Crippen LogP contribution in [0.1, 0.15) is 0 Å². The predicted octanol–water partition coefficient (Wildman–Crippen LogP) is 2.19. The Morgan fingerprint density at radius 3 is 2.92 bits per heavy atom. The molecule has 0 spiro atoms. The quantitative estimate of drug-likeness (QED) is 0.722. The zero-order chi connectivity index (χ0) is 9.10. The summed E-state index contributed by atoms with van der Waals surface area (Å²) in [5, 5.41) is 0. The van der Waals surface area contributed by atoms with Crippen LogP contribution in [0.4, 0.5) is 0 Å². The Labute approximate surface area is 82.2 Å². The number of rotatable bonds is 2. The molecule has 0 bridgehead atoms. The number of thioether (sulfide) groups is 1. The number of hydrogen-bond donors (Lipinski definition) is 0. The fourth-order valence-corrected chi connectivity index (χ4v) is 1.87.